The molecule has 0 spiro atoms. The van der Waals surface area contributed by atoms with E-state index in [1.165, 1.54) is 17.2 Å². The van der Waals surface area contributed by atoms with Crippen LogP contribution < -0.4 is 11.1 Å². The number of terminal acetylenes is 1. The molecule has 0 saturated heterocycles. The van der Waals surface area contributed by atoms with Gasteiger partial charge in [0.05, 0.1) is 6.10 Å². The number of aliphatic hydroxyl groups excluding tert-OH is 1. The van der Waals surface area contributed by atoms with Crippen LogP contribution in [0.3, 0.4) is 0 Å². The number of aryl methyl sites for hydroxylation is 2. The molecular formula is C18H24FN5O3S. The van der Waals surface area contributed by atoms with Gasteiger partial charge in [-0.05, 0) is 53.3 Å². The summed E-state index contributed by atoms with van der Waals surface area (Å²) in [7, 11) is 0. The SMILES string of the molecule is C#C.CC(O)CSCCNc1nonc1/C(N)=N\O.Fc1ccc2c(c1)CC2. The Labute approximate surface area is 167 Å². The lowest BCUT2D eigenvalue weighted by molar-refractivity contribution is 0.220. The average molecular weight is 409 g/mol. The third-order valence-corrected chi connectivity index (χ3v) is 4.78. The fraction of sp³-hybridized carbons (Fsp3) is 0.389. The molecule has 10 heteroatoms. The normalized spacial score (nSPS) is 13.0. The first-order valence-corrected chi connectivity index (χ1v) is 9.57. The van der Waals surface area contributed by atoms with Crippen LogP contribution in [0.4, 0.5) is 10.2 Å². The van der Waals surface area contributed by atoms with Crippen molar-refractivity contribution in [2.24, 2.45) is 10.9 Å². The molecule has 1 aliphatic carbocycles. The fourth-order valence-corrected chi connectivity index (χ4v) is 2.93. The van der Waals surface area contributed by atoms with Gasteiger partial charge in [-0.1, -0.05) is 11.2 Å². The molecule has 0 fully saturated rings. The lowest BCUT2D eigenvalue weighted by Gasteiger charge is -2.17. The summed E-state index contributed by atoms with van der Waals surface area (Å²) in [5.74, 6) is 1.52. The zero-order chi connectivity index (χ0) is 20.9. The van der Waals surface area contributed by atoms with E-state index >= 15 is 0 Å². The highest BCUT2D eigenvalue weighted by Crippen LogP contribution is 2.22. The second-order valence-corrected chi connectivity index (χ2v) is 6.86. The van der Waals surface area contributed by atoms with Gasteiger partial charge in [-0.3, -0.25) is 0 Å². The molecule has 1 heterocycles. The Kier molecular flexibility index (Phi) is 10.5. The lowest BCUT2D eigenvalue weighted by Crippen LogP contribution is -2.17. The van der Waals surface area contributed by atoms with Gasteiger partial charge in [0.15, 0.2) is 11.5 Å². The Morgan fingerprint density at radius 1 is 1.39 bits per heavy atom. The first kappa shape index (κ1) is 23.3. The molecule has 5 N–H and O–H groups in total. The number of thioether (sulfide) groups is 1. The van der Waals surface area contributed by atoms with Gasteiger partial charge in [0.1, 0.15) is 5.82 Å². The number of halogens is 1. The maximum absolute atomic E-state index is 12.4. The molecule has 2 aromatic rings. The van der Waals surface area contributed by atoms with Crippen molar-refractivity contribution in [1.29, 1.82) is 0 Å². The Bertz CT molecular complexity index is 780. The molecule has 8 nitrogen and oxygen atoms in total. The Morgan fingerprint density at radius 2 is 2.11 bits per heavy atom. The van der Waals surface area contributed by atoms with Gasteiger partial charge in [0, 0.05) is 18.1 Å². The monoisotopic (exact) mass is 409 g/mol. The van der Waals surface area contributed by atoms with Crippen LogP contribution in [-0.4, -0.2) is 50.6 Å². The van der Waals surface area contributed by atoms with Gasteiger partial charge in [0.2, 0.25) is 5.82 Å². The first-order valence-electron chi connectivity index (χ1n) is 8.42. The van der Waals surface area contributed by atoms with Gasteiger partial charge >= 0.3 is 0 Å². The molecule has 1 aromatic carbocycles. The maximum Gasteiger partial charge on any atom is 0.202 e. The summed E-state index contributed by atoms with van der Waals surface area (Å²) < 4.78 is 16.9. The summed E-state index contributed by atoms with van der Waals surface area (Å²) in [5, 5.41) is 30.4. The predicted molar refractivity (Wildman–Crippen MR) is 108 cm³/mol. The second-order valence-electron chi connectivity index (χ2n) is 5.71. The van der Waals surface area contributed by atoms with Crippen LogP contribution in [-0.2, 0) is 12.8 Å². The van der Waals surface area contributed by atoms with Crippen LogP contribution in [0.15, 0.2) is 28.0 Å². The number of nitrogens with two attached hydrogens (primary N) is 1. The molecule has 0 saturated carbocycles. The van der Waals surface area contributed by atoms with Gasteiger partial charge in [-0.15, -0.1) is 12.8 Å². The average Bonchev–Trinajstić information content (AvgIpc) is 3.14. The zero-order valence-corrected chi connectivity index (χ0v) is 16.3. The lowest BCUT2D eigenvalue weighted by atomic mass is 9.89. The fourth-order valence-electron chi connectivity index (χ4n) is 2.18. The molecule has 1 unspecified atom stereocenters. The van der Waals surface area contributed by atoms with Crippen LogP contribution in [0.5, 0.6) is 0 Å². The molecule has 28 heavy (non-hydrogen) atoms. The van der Waals surface area contributed by atoms with Gasteiger partial charge < -0.3 is 21.4 Å². The van der Waals surface area contributed by atoms with E-state index in [1.54, 1.807) is 24.8 Å². The van der Waals surface area contributed by atoms with Gasteiger partial charge in [-0.2, -0.15) is 11.8 Å². The predicted octanol–water partition coefficient (Wildman–Crippen LogP) is 1.86. The van der Waals surface area contributed by atoms with Crippen molar-refractivity contribution in [3.63, 3.8) is 0 Å². The highest BCUT2D eigenvalue weighted by Gasteiger charge is 2.13. The molecule has 0 bridgehead atoms. The third kappa shape index (κ3) is 7.46. The number of oxime groups is 1. The quantitative estimate of drug-likeness (QED) is 0.136. The van der Waals surface area contributed by atoms with Crippen LogP contribution >= 0.6 is 11.8 Å². The zero-order valence-electron chi connectivity index (χ0n) is 15.5. The topological polar surface area (TPSA) is 130 Å². The van der Waals surface area contributed by atoms with Crippen molar-refractivity contribution in [1.82, 2.24) is 10.3 Å². The van der Waals surface area contributed by atoms with Crippen molar-refractivity contribution >= 4 is 23.4 Å². The van der Waals surface area contributed by atoms with E-state index in [-0.39, 0.29) is 23.5 Å². The number of aliphatic hydroxyl groups is 1. The summed E-state index contributed by atoms with van der Waals surface area (Å²) in [6.07, 6.45) is 9.88. The van der Waals surface area contributed by atoms with E-state index in [1.807, 2.05) is 6.07 Å². The van der Waals surface area contributed by atoms with E-state index < -0.39 is 0 Å². The number of rotatable bonds is 7. The second kappa shape index (κ2) is 12.6. The van der Waals surface area contributed by atoms with Crippen molar-refractivity contribution in [3.05, 3.63) is 40.8 Å². The summed E-state index contributed by atoms with van der Waals surface area (Å²) in [6.45, 7) is 2.34. The number of amidine groups is 1. The van der Waals surface area contributed by atoms with Crippen LogP contribution in [0, 0.1) is 18.7 Å². The van der Waals surface area contributed by atoms with Crippen LogP contribution in [0.1, 0.15) is 23.7 Å². The number of aromatic nitrogens is 2. The molecule has 0 amide bonds. The van der Waals surface area contributed by atoms with E-state index in [4.69, 9.17) is 16.0 Å². The van der Waals surface area contributed by atoms with Gasteiger partial charge in [-0.25, -0.2) is 9.02 Å². The number of hydrogen-bond donors (Lipinski definition) is 4. The van der Waals surface area contributed by atoms with E-state index in [9.17, 15) is 4.39 Å². The Balaban J connectivity index is 0.000000295. The molecular weight excluding hydrogens is 385 g/mol. The maximum atomic E-state index is 12.4. The number of nitrogens with one attached hydrogen (secondary N) is 1. The Hall–Kier alpha value is -2.77. The summed E-state index contributed by atoms with van der Waals surface area (Å²) in [4.78, 5) is 0. The van der Waals surface area contributed by atoms with Gasteiger partial charge in [0.25, 0.3) is 0 Å². The van der Waals surface area contributed by atoms with Crippen molar-refractivity contribution in [3.8, 4) is 12.8 Å². The van der Waals surface area contributed by atoms with E-state index in [0.717, 1.165) is 18.6 Å². The summed E-state index contributed by atoms with van der Waals surface area (Å²) in [5.41, 5.74) is 8.05. The standard InChI is InChI=1S/C8H7F.C8H15N5O3S.C2H2/c9-8-4-3-6-1-2-7(6)5-8;1-5(14)4-17-3-2-10-8-6(7(9)11-15)12-16-13-8;1-2/h3-5H,1-2H2;5,14-15H,2-4H2,1H3,(H2,9,11)(H,10,13);1-2H. The molecule has 0 aliphatic heterocycles. The number of fused-ring (bicyclic) bond motifs is 1. The number of anilines is 1. The molecule has 1 atom stereocenters. The Morgan fingerprint density at radius 3 is 2.64 bits per heavy atom. The van der Waals surface area contributed by atoms with E-state index in [0.29, 0.717) is 18.1 Å². The largest absolute Gasteiger partial charge is 0.409 e. The van der Waals surface area contributed by atoms with E-state index in [2.05, 4.69) is 38.3 Å². The number of benzene rings is 1. The number of hydrogen-bond acceptors (Lipinski definition) is 8. The minimum absolute atomic E-state index is 0.103. The van der Waals surface area contributed by atoms with Crippen LogP contribution in [0.2, 0.25) is 0 Å². The van der Waals surface area contributed by atoms with Crippen molar-refractivity contribution in [2.45, 2.75) is 25.9 Å². The third-order valence-electron chi connectivity index (χ3n) is 3.57. The molecule has 1 aromatic heterocycles. The minimum Gasteiger partial charge on any atom is -0.409 e. The van der Waals surface area contributed by atoms with Crippen LogP contribution in [0.25, 0.3) is 0 Å². The summed E-state index contributed by atoms with van der Waals surface area (Å²) in [6, 6.07) is 5.02. The molecule has 1 aliphatic rings. The first-order chi connectivity index (χ1) is 13.5. The highest BCUT2D eigenvalue weighted by molar-refractivity contribution is 7.99. The highest BCUT2D eigenvalue weighted by atomic mass is 32.2. The summed E-state index contributed by atoms with van der Waals surface area (Å²) >= 11 is 1.60. The number of nitrogens with zero attached hydrogens (tertiary/aromatic N) is 3. The smallest absolute Gasteiger partial charge is 0.202 e. The van der Waals surface area contributed by atoms with Crippen molar-refractivity contribution < 1.29 is 19.3 Å². The minimum atomic E-state index is -0.318. The molecule has 0 radical (unpaired) electrons. The molecule has 152 valence electrons. The molecule has 3 rings (SSSR count). The van der Waals surface area contributed by atoms with Crippen molar-refractivity contribution in [2.75, 3.05) is 23.4 Å².